The first-order valence-electron chi connectivity index (χ1n) is 9.92. The van der Waals surface area contributed by atoms with E-state index in [9.17, 15) is 14.0 Å². The number of hydrogen-bond donors (Lipinski definition) is 0. The molecule has 2 fully saturated rings. The van der Waals surface area contributed by atoms with Crippen molar-refractivity contribution in [1.82, 2.24) is 9.80 Å². The maximum absolute atomic E-state index is 13.6. The standard InChI is InChI=1S/C21H30FN3O3.ClH/c1-15-19(26)25(20(27)21(15,2)3)9-5-8-23-10-12-24(13-11-23)17-14-16(22)6-7-18(17)28-4;/h6-7,14-15H,5,8-13H2,1-4H3;1H. The Bertz CT molecular complexity index is 751. The topological polar surface area (TPSA) is 53.1 Å². The summed E-state index contributed by atoms with van der Waals surface area (Å²) >= 11 is 0. The zero-order valence-electron chi connectivity index (χ0n) is 17.6. The van der Waals surface area contributed by atoms with E-state index in [1.54, 1.807) is 13.2 Å². The van der Waals surface area contributed by atoms with Crippen molar-refractivity contribution in [3.63, 3.8) is 0 Å². The molecule has 0 aromatic heterocycles. The molecule has 0 radical (unpaired) electrons. The minimum Gasteiger partial charge on any atom is -0.495 e. The van der Waals surface area contributed by atoms with E-state index in [2.05, 4.69) is 9.80 Å². The first-order valence-corrected chi connectivity index (χ1v) is 9.92. The molecule has 0 aliphatic carbocycles. The van der Waals surface area contributed by atoms with Gasteiger partial charge in [-0.1, -0.05) is 20.8 Å². The third-order valence-electron chi connectivity index (χ3n) is 6.23. The summed E-state index contributed by atoms with van der Waals surface area (Å²) < 4.78 is 19.0. The van der Waals surface area contributed by atoms with Gasteiger partial charge in [0.25, 0.3) is 0 Å². The molecule has 2 aliphatic heterocycles. The zero-order valence-corrected chi connectivity index (χ0v) is 18.4. The number of benzene rings is 1. The highest BCUT2D eigenvalue weighted by molar-refractivity contribution is 6.06. The Hall–Kier alpha value is -1.86. The molecule has 2 aliphatic rings. The molecule has 1 atom stereocenters. The highest BCUT2D eigenvalue weighted by Gasteiger charge is 2.50. The van der Waals surface area contributed by atoms with Crippen molar-refractivity contribution < 1.29 is 18.7 Å². The molecule has 2 amide bonds. The first kappa shape index (κ1) is 23.4. The van der Waals surface area contributed by atoms with Gasteiger partial charge in [-0.3, -0.25) is 19.4 Å². The van der Waals surface area contributed by atoms with Gasteiger partial charge in [0.2, 0.25) is 11.8 Å². The average molecular weight is 428 g/mol. The number of methoxy groups -OCH3 is 1. The molecular weight excluding hydrogens is 397 g/mol. The van der Waals surface area contributed by atoms with Crippen LogP contribution in [0.4, 0.5) is 10.1 Å². The molecule has 29 heavy (non-hydrogen) atoms. The number of carbonyl (C=O) groups is 2. The Morgan fingerprint density at radius 3 is 2.34 bits per heavy atom. The summed E-state index contributed by atoms with van der Waals surface area (Å²) in [5.41, 5.74) is 0.179. The van der Waals surface area contributed by atoms with Crippen LogP contribution in [-0.4, -0.2) is 68.0 Å². The normalized spacial score (nSPS) is 22.0. The SMILES string of the molecule is COc1ccc(F)cc1N1CCN(CCCN2C(=O)C(C)C(C)(C)C2=O)CC1.Cl. The molecule has 1 unspecified atom stereocenters. The molecule has 0 saturated carbocycles. The number of likely N-dealkylation sites (tertiary alicyclic amines) is 1. The molecule has 1 aromatic rings. The fourth-order valence-electron chi connectivity index (χ4n) is 3.96. The molecule has 1 aromatic carbocycles. The van der Waals surface area contributed by atoms with Crippen LogP contribution >= 0.6 is 12.4 Å². The monoisotopic (exact) mass is 427 g/mol. The van der Waals surface area contributed by atoms with E-state index in [0.29, 0.717) is 12.3 Å². The van der Waals surface area contributed by atoms with Gasteiger partial charge in [0.15, 0.2) is 0 Å². The van der Waals surface area contributed by atoms with E-state index in [1.807, 2.05) is 20.8 Å². The van der Waals surface area contributed by atoms with Crippen LogP contribution in [0, 0.1) is 17.2 Å². The molecular formula is C21H31ClFN3O3. The number of nitrogens with zero attached hydrogens (tertiary/aromatic N) is 3. The van der Waals surface area contributed by atoms with Gasteiger partial charge in [-0.05, 0) is 25.1 Å². The number of rotatable bonds is 6. The van der Waals surface area contributed by atoms with E-state index < -0.39 is 5.41 Å². The van der Waals surface area contributed by atoms with Crippen molar-refractivity contribution in [2.75, 3.05) is 51.3 Å². The lowest BCUT2D eigenvalue weighted by molar-refractivity contribution is -0.141. The van der Waals surface area contributed by atoms with Crippen LogP contribution in [0.5, 0.6) is 5.75 Å². The van der Waals surface area contributed by atoms with Crippen LogP contribution in [0.15, 0.2) is 18.2 Å². The largest absolute Gasteiger partial charge is 0.495 e. The van der Waals surface area contributed by atoms with Gasteiger partial charge in [0.05, 0.1) is 18.2 Å². The lowest BCUT2D eigenvalue weighted by atomic mass is 9.82. The highest BCUT2D eigenvalue weighted by atomic mass is 35.5. The number of hydrogen-bond acceptors (Lipinski definition) is 5. The quantitative estimate of drug-likeness (QED) is 0.653. The summed E-state index contributed by atoms with van der Waals surface area (Å²) in [6.45, 7) is 10.1. The molecule has 0 spiro atoms. The van der Waals surface area contributed by atoms with E-state index in [0.717, 1.165) is 44.8 Å². The smallest absolute Gasteiger partial charge is 0.235 e. The fourth-order valence-corrected chi connectivity index (χ4v) is 3.96. The number of amides is 2. The van der Waals surface area contributed by atoms with Gasteiger partial charge in [-0.25, -0.2) is 4.39 Å². The van der Waals surface area contributed by atoms with Gasteiger partial charge < -0.3 is 9.64 Å². The second-order valence-electron chi connectivity index (χ2n) is 8.24. The van der Waals surface area contributed by atoms with Crippen LogP contribution in [-0.2, 0) is 9.59 Å². The summed E-state index contributed by atoms with van der Waals surface area (Å²) in [7, 11) is 1.59. The van der Waals surface area contributed by atoms with Crippen molar-refractivity contribution in [3.8, 4) is 5.75 Å². The third kappa shape index (κ3) is 4.67. The number of piperazine rings is 1. The van der Waals surface area contributed by atoms with E-state index >= 15 is 0 Å². The van der Waals surface area contributed by atoms with Crippen LogP contribution in [0.25, 0.3) is 0 Å². The lowest BCUT2D eigenvalue weighted by Gasteiger charge is -2.36. The van der Waals surface area contributed by atoms with E-state index in [4.69, 9.17) is 4.74 Å². The van der Waals surface area contributed by atoms with Crippen LogP contribution in [0.1, 0.15) is 27.2 Å². The van der Waals surface area contributed by atoms with Crippen molar-refractivity contribution in [1.29, 1.82) is 0 Å². The second-order valence-corrected chi connectivity index (χ2v) is 8.24. The Morgan fingerprint density at radius 1 is 1.14 bits per heavy atom. The number of imide groups is 1. The maximum Gasteiger partial charge on any atom is 0.235 e. The van der Waals surface area contributed by atoms with Gasteiger partial charge in [-0.2, -0.15) is 0 Å². The van der Waals surface area contributed by atoms with E-state index in [-0.39, 0.29) is 36.0 Å². The van der Waals surface area contributed by atoms with Crippen molar-refractivity contribution in [2.24, 2.45) is 11.3 Å². The predicted octanol–water partition coefficient (Wildman–Crippen LogP) is 2.80. The molecule has 2 heterocycles. The minimum atomic E-state index is -0.604. The summed E-state index contributed by atoms with van der Waals surface area (Å²) in [4.78, 5) is 30.7. The van der Waals surface area contributed by atoms with Gasteiger partial charge in [-0.15, -0.1) is 12.4 Å². The highest BCUT2D eigenvalue weighted by Crippen LogP contribution is 2.37. The van der Waals surface area contributed by atoms with Crippen LogP contribution < -0.4 is 9.64 Å². The molecule has 0 N–H and O–H groups in total. The van der Waals surface area contributed by atoms with Gasteiger partial charge >= 0.3 is 0 Å². The first-order chi connectivity index (χ1) is 13.3. The Labute approximate surface area is 178 Å². The number of halogens is 2. The molecule has 162 valence electrons. The number of carbonyl (C=O) groups excluding carboxylic acids is 2. The molecule has 3 rings (SSSR count). The fraction of sp³-hybridized carbons (Fsp3) is 0.619. The van der Waals surface area contributed by atoms with Crippen molar-refractivity contribution in [3.05, 3.63) is 24.0 Å². The van der Waals surface area contributed by atoms with Crippen molar-refractivity contribution >= 4 is 29.9 Å². The summed E-state index contributed by atoms with van der Waals surface area (Å²) in [6, 6.07) is 4.58. The van der Waals surface area contributed by atoms with Crippen LogP contribution in [0.2, 0.25) is 0 Å². The number of ether oxygens (including phenoxy) is 1. The third-order valence-corrected chi connectivity index (χ3v) is 6.23. The maximum atomic E-state index is 13.6. The Balaban J connectivity index is 0.00000300. The van der Waals surface area contributed by atoms with Crippen molar-refractivity contribution in [2.45, 2.75) is 27.2 Å². The second kappa shape index (κ2) is 9.30. The Kier molecular flexibility index (Phi) is 7.51. The zero-order chi connectivity index (χ0) is 20.5. The van der Waals surface area contributed by atoms with Crippen LogP contribution in [0.3, 0.4) is 0 Å². The number of anilines is 1. The minimum absolute atomic E-state index is 0. The van der Waals surface area contributed by atoms with E-state index in [1.165, 1.54) is 17.0 Å². The average Bonchev–Trinajstić information content (AvgIpc) is 2.83. The van der Waals surface area contributed by atoms with Gasteiger partial charge in [0.1, 0.15) is 11.6 Å². The summed E-state index contributed by atoms with van der Waals surface area (Å²) in [5.74, 6) is 0.0313. The molecule has 6 nitrogen and oxygen atoms in total. The molecule has 8 heteroatoms. The predicted molar refractivity (Wildman–Crippen MR) is 113 cm³/mol. The summed E-state index contributed by atoms with van der Waals surface area (Å²) in [5, 5.41) is 0. The molecule has 2 saturated heterocycles. The summed E-state index contributed by atoms with van der Waals surface area (Å²) in [6.07, 6.45) is 0.767. The Morgan fingerprint density at radius 2 is 1.79 bits per heavy atom. The molecule has 0 bridgehead atoms. The lowest BCUT2D eigenvalue weighted by Crippen LogP contribution is -2.47. The van der Waals surface area contributed by atoms with Gasteiger partial charge in [0, 0.05) is 44.7 Å².